The van der Waals surface area contributed by atoms with Crippen LogP contribution in [0.5, 0.6) is 0 Å². The summed E-state index contributed by atoms with van der Waals surface area (Å²) in [6.07, 6.45) is 1.01. The Bertz CT molecular complexity index is 333. The van der Waals surface area contributed by atoms with E-state index in [-0.39, 0.29) is 0 Å². The van der Waals surface area contributed by atoms with Crippen molar-refractivity contribution in [3.63, 3.8) is 0 Å². The molecule has 0 saturated heterocycles. The van der Waals surface area contributed by atoms with E-state index in [4.69, 9.17) is 0 Å². The Labute approximate surface area is 106 Å². The lowest BCUT2D eigenvalue weighted by Gasteiger charge is -2.23. The zero-order valence-corrected chi connectivity index (χ0v) is 11.7. The minimum Gasteiger partial charge on any atom is -0.389 e. The van der Waals surface area contributed by atoms with Crippen LogP contribution in [0.3, 0.4) is 0 Å². The van der Waals surface area contributed by atoms with E-state index in [0.29, 0.717) is 12.6 Å². The van der Waals surface area contributed by atoms with Crippen molar-refractivity contribution in [1.29, 1.82) is 0 Å². The van der Waals surface area contributed by atoms with E-state index in [1.165, 1.54) is 5.56 Å². The van der Waals surface area contributed by atoms with Gasteiger partial charge in [-0.15, -0.1) is 0 Å². The van der Waals surface area contributed by atoms with Crippen LogP contribution >= 0.6 is 15.9 Å². The summed E-state index contributed by atoms with van der Waals surface area (Å²) in [5.74, 6) is 0. The van der Waals surface area contributed by atoms with Gasteiger partial charge in [-0.05, 0) is 38.0 Å². The molecular weight excluding hydrogens is 266 g/mol. The fraction of sp³-hybridized carbons (Fsp3) is 0.538. The summed E-state index contributed by atoms with van der Waals surface area (Å²) in [5.41, 5.74) is 0.584. The second-order valence-electron chi connectivity index (χ2n) is 4.71. The van der Waals surface area contributed by atoms with Gasteiger partial charge in [0.15, 0.2) is 0 Å². The second kappa shape index (κ2) is 5.80. The molecule has 2 N–H and O–H groups in total. The van der Waals surface area contributed by atoms with Gasteiger partial charge in [-0.25, -0.2) is 0 Å². The fourth-order valence-electron chi connectivity index (χ4n) is 1.59. The number of rotatable bonds is 5. The monoisotopic (exact) mass is 285 g/mol. The molecule has 1 aromatic carbocycles. The van der Waals surface area contributed by atoms with Crippen LogP contribution in [0, 0.1) is 0 Å². The number of benzene rings is 1. The molecule has 90 valence electrons. The summed E-state index contributed by atoms with van der Waals surface area (Å²) in [6.45, 7) is 6.36. The molecule has 0 amide bonds. The van der Waals surface area contributed by atoms with Crippen molar-refractivity contribution in [2.75, 3.05) is 6.54 Å². The van der Waals surface area contributed by atoms with Crippen LogP contribution in [0.4, 0.5) is 0 Å². The van der Waals surface area contributed by atoms with E-state index < -0.39 is 5.60 Å². The maximum Gasteiger partial charge on any atom is 0.0715 e. The van der Waals surface area contributed by atoms with Crippen LogP contribution in [0.1, 0.15) is 38.8 Å². The molecule has 1 unspecified atom stereocenters. The minimum atomic E-state index is -0.667. The van der Waals surface area contributed by atoms with Crippen molar-refractivity contribution >= 4 is 15.9 Å². The van der Waals surface area contributed by atoms with Crippen molar-refractivity contribution in [2.24, 2.45) is 0 Å². The summed E-state index contributed by atoms with van der Waals surface area (Å²) in [4.78, 5) is 0. The molecule has 1 atom stereocenters. The highest BCUT2D eigenvalue weighted by Crippen LogP contribution is 2.21. The number of hydrogen-bond acceptors (Lipinski definition) is 2. The Balaban J connectivity index is 2.68. The van der Waals surface area contributed by atoms with Gasteiger partial charge in [0.1, 0.15) is 0 Å². The first-order chi connectivity index (χ1) is 7.42. The van der Waals surface area contributed by atoms with Crippen LogP contribution < -0.4 is 5.32 Å². The van der Waals surface area contributed by atoms with Gasteiger partial charge in [-0.2, -0.15) is 0 Å². The molecule has 0 aliphatic carbocycles. The number of hydrogen-bond donors (Lipinski definition) is 2. The predicted molar refractivity (Wildman–Crippen MR) is 71.5 cm³/mol. The van der Waals surface area contributed by atoms with Gasteiger partial charge in [0.25, 0.3) is 0 Å². The molecule has 2 nitrogen and oxygen atoms in total. The molecule has 0 saturated carbocycles. The van der Waals surface area contributed by atoms with Crippen LogP contribution in [0.25, 0.3) is 0 Å². The lowest BCUT2D eigenvalue weighted by Crippen LogP contribution is -2.36. The van der Waals surface area contributed by atoms with Gasteiger partial charge in [-0.3, -0.25) is 0 Å². The highest BCUT2D eigenvalue weighted by atomic mass is 79.9. The molecule has 1 rings (SSSR count). The minimum absolute atomic E-state index is 0.295. The van der Waals surface area contributed by atoms with Gasteiger partial charge in [0, 0.05) is 17.1 Å². The molecule has 3 heteroatoms. The SMILES string of the molecule is CCC(NCC(C)(C)O)c1cccc(Br)c1. The maximum absolute atomic E-state index is 9.69. The second-order valence-corrected chi connectivity index (χ2v) is 5.62. The lowest BCUT2D eigenvalue weighted by molar-refractivity contribution is 0.0762. The van der Waals surface area contributed by atoms with Crippen LogP contribution in [-0.2, 0) is 0 Å². The van der Waals surface area contributed by atoms with Crippen LogP contribution in [0.2, 0.25) is 0 Å². The molecule has 0 radical (unpaired) electrons. The zero-order valence-electron chi connectivity index (χ0n) is 10.1. The topological polar surface area (TPSA) is 32.3 Å². The molecule has 0 spiro atoms. The van der Waals surface area contributed by atoms with E-state index in [1.807, 2.05) is 26.0 Å². The molecule has 0 heterocycles. The van der Waals surface area contributed by atoms with Gasteiger partial charge in [0.2, 0.25) is 0 Å². The van der Waals surface area contributed by atoms with Gasteiger partial charge >= 0.3 is 0 Å². The van der Waals surface area contributed by atoms with Crippen LogP contribution in [0.15, 0.2) is 28.7 Å². The average Bonchev–Trinajstić information content (AvgIpc) is 2.17. The lowest BCUT2D eigenvalue weighted by atomic mass is 10.0. The number of aliphatic hydroxyl groups is 1. The Morgan fingerprint density at radius 3 is 2.62 bits per heavy atom. The van der Waals surface area contributed by atoms with E-state index in [0.717, 1.165) is 10.9 Å². The number of nitrogens with one attached hydrogen (secondary N) is 1. The Morgan fingerprint density at radius 1 is 1.44 bits per heavy atom. The summed E-state index contributed by atoms with van der Waals surface area (Å²) >= 11 is 3.47. The molecular formula is C13H20BrNO. The smallest absolute Gasteiger partial charge is 0.0715 e. The molecule has 0 bridgehead atoms. The summed E-state index contributed by atoms with van der Waals surface area (Å²) < 4.78 is 1.09. The molecule has 0 aromatic heterocycles. The molecule has 0 aliphatic rings. The summed E-state index contributed by atoms with van der Waals surface area (Å²) in [6, 6.07) is 8.57. The van der Waals surface area contributed by atoms with E-state index in [9.17, 15) is 5.11 Å². The number of halogens is 1. The molecule has 0 fully saturated rings. The fourth-order valence-corrected chi connectivity index (χ4v) is 2.01. The van der Waals surface area contributed by atoms with Crippen molar-refractivity contribution in [1.82, 2.24) is 5.32 Å². The summed E-state index contributed by atoms with van der Waals surface area (Å²) in [7, 11) is 0. The highest BCUT2D eigenvalue weighted by Gasteiger charge is 2.16. The standard InChI is InChI=1S/C13H20BrNO/c1-4-12(15-9-13(2,3)16)10-6-5-7-11(14)8-10/h5-8,12,15-16H,4,9H2,1-3H3. The van der Waals surface area contributed by atoms with E-state index >= 15 is 0 Å². The Morgan fingerprint density at radius 2 is 2.12 bits per heavy atom. The summed E-state index contributed by atoms with van der Waals surface area (Å²) in [5, 5.41) is 13.1. The quantitative estimate of drug-likeness (QED) is 0.870. The average molecular weight is 286 g/mol. The maximum atomic E-state index is 9.69. The normalized spacial score (nSPS) is 13.8. The first kappa shape index (κ1) is 13.7. The van der Waals surface area contributed by atoms with Crippen molar-refractivity contribution in [3.8, 4) is 0 Å². The van der Waals surface area contributed by atoms with Crippen LogP contribution in [-0.4, -0.2) is 17.3 Å². The third kappa shape index (κ3) is 4.64. The van der Waals surface area contributed by atoms with Crippen molar-refractivity contribution < 1.29 is 5.11 Å². The first-order valence-electron chi connectivity index (χ1n) is 5.63. The highest BCUT2D eigenvalue weighted by molar-refractivity contribution is 9.10. The molecule has 0 aliphatic heterocycles. The van der Waals surface area contributed by atoms with Gasteiger partial charge in [-0.1, -0.05) is 35.0 Å². The zero-order chi connectivity index (χ0) is 12.2. The van der Waals surface area contributed by atoms with Gasteiger partial charge < -0.3 is 10.4 Å². The third-order valence-electron chi connectivity index (χ3n) is 2.44. The Kier molecular flexibility index (Phi) is 4.96. The van der Waals surface area contributed by atoms with Crippen molar-refractivity contribution in [3.05, 3.63) is 34.3 Å². The first-order valence-corrected chi connectivity index (χ1v) is 6.43. The largest absolute Gasteiger partial charge is 0.389 e. The Hall–Kier alpha value is -0.380. The van der Waals surface area contributed by atoms with Gasteiger partial charge in [0.05, 0.1) is 5.60 Å². The predicted octanol–water partition coefficient (Wildman–Crippen LogP) is 3.26. The van der Waals surface area contributed by atoms with E-state index in [2.05, 4.69) is 40.3 Å². The molecule has 16 heavy (non-hydrogen) atoms. The van der Waals surface area contributed by atoms with E-state index in [1.54, 1.807) is 0 Å². The van der Waals surface area contributed by atoms with Crippen molar-refractivity contribution in [2.45, 2.75) is 38.8 Å². The third-order valence-corrected chi connectivity index (χ3v) is 2.93. The molecule has 1 aromatic rings.